The van der Waals surface area contributed by atoms with Crippen LogP contribution in [0.1, 0.15) is 0 Å². The summed E-state index contributed by atoms with van der Waals surface area (Å²) in [4.78, 5) is 28.7. The van der Waals surface area contributed by atoms with Gasteiger partial charge in [-0.25, -0.2) is 15.0 Å². The number of rotatable bonds is 9. The Bertz CT molecular complexity index is 1240. The number of ether oxygens (including phenoxy) is 2. The Kier molecular flexibility index (Phi) is 6.28. The maximum Gasteiger partial charge on any atom is 0.266 e. The van der Waals surface area contributed by atoms with E-state index < -0.39 is 5.91 Å². The molecule has 0 atom stereocenters. The first-order valence-corrected chi connectivity index (χ1v) is 9.63. The van der Waals surface area contributed by atoms with Crippen molar-refractivity contribution in [2.24, 2.45) is 0 Å². The molecule has 4 aromatic rings. The molecule has 2 heterocycles. The number of imidazole rings is 1. The number of hydrogen-bond donors (Lipinski definition) is 3. The molecule has 0 bridgehead atoms. The Hall–Kier alpha value is -4.38. The van der Waals surface area contributed by atoms with Crippen LogP contribution in [0.4, 0.5) is 17.3 Å². The molecular formula is C21H20N8O3. The Balaban J connectivity index is 1.54. The summed E-state index contributed by atoms with van der Waals surface area (Å²) in [5.74, 6) is 0.940. The zero-order chi connectivity index (χ0) is 22.3. The topological polar surface area (TPSA) is 140 Å². The van der Waals surface area contributed by atoms with E-state index in [1.165, 1.54) is 6.33 Å². The third-order valence-electron chi connectivity index (χ3n) is 4.39. The van der Waals surface area contributed by atoms with E-state index in [1.807, 2.05) is 24.3 Å². The van der Waals surface area contributed by atoms with Gasteiger partial charge < -0.3 is 25.5 Å². The lowest BCUT2D eigenvalue weighted by Gasteiger charge is -2.09. The Morgan fingerprint density at radius 1 is 1.09 bits per heavy atom. The number of nitrogens with zero attached hydrogens (tertiary/aromatic N) is 5. The molecule has 0 aliphatic carbocycles. The Morgan fingerprint density at radius 2 is 1.91 bits per heavy atom. The highest BCUT2D eigenvalue weighted by Crippen LogP contribution is 2.22. The number of carbonyl (C=O) groups is 1. The molecule has 0 aliphatic rings. The molecule has 1 amide bonds. The maximum atomic E-state index is 11.5. The second kappa shape index (κ2) is 9.62. The van der Waals surface area contributed by atoms with Gasteiger partial charge in [0.25, 0.3) is 5.91 Å². The van der Waals surface area contributed by atoms with E-state index in [4.69, 9.17) is 14.9 Å². The Labute approximate surface area is 183 Å². The van der Waals surface area contributed by atoms with Crippen molar-refractivity contribution in [1.82, 2.24) is 24.5 Å². The van der Waals surface area contributed by atoms with Gasteiger partial charge in [-0.15, -0.1) is 0 Å². The first kappa shape index (κ1) is 20.9. The van der Waals surface area contributed by atoms with Gasteiger partial charge in [-0.3, -0.25) is 9.36 Å². The monoisotopic (exact) mass is 432 g/mol. The van der Waals surface area contributed by atoms with Crippen molar-refractivity contribution in [3.05, 3.63) is 55.1 Å². The minimum atomic E-state index is -0.517. The summed E-state index contributed by atoms with van der Waals surface area (Å²) in [6, 6.07) is 12.6. The van der Waals surface area contributed by atoms with Gasteiger partial charge in [0.05, 0.1) is 23.9 Å². The molecule has 0 radical (unpaired) electrons. The molecule has 0 spiro atoms. The zero-order valence-corrected chi connectivity index (χ0v) is 17.1. The lowest BCUT2D eigenvalue weighted by atomic mass is 10.2. The number of benzene rings is 2. The fourth-order valence-corrected chi connectivity index (χ4v) is 2.89. The molecule has 2 aromatic carbocycles. The van der Waals surface area contributed by atoms with Crippen molar-refractivity contribution in [3.8, 4) is 11.7 Å². The second-order valence-electron chi connectivity index (χ2n) is 6.55. The van der Waals surface area contributed by atoms with Crippen LogP contribution in [0.25, 0.3) is 17.0 Å². The lowest BCUT2D eigenvalue weighted by Crippen LogP contribution is -2.11. The van der Waals surface area contributed by atoms with E-state index in [9.17, 15) is 4.79 Å². The van der Waals surface area contributed by atoms with Crippen LogP contribution in [0.5, 0.6) is 5.75 Å². The van der Waals surface area contributed by atoms with E-state index in [-0.39, 0.29) is 0 Å². The number of hydrogen-bond acceptors (Lipinski definition) is 9. The number of carbonyl (C=O) groups excluding carboxylic acids is 1. The molecule has 3 N–H and O–H groups in total. The number of aromatic nitrogens is 5. The van der Waals surface area contributed by atoms with Gasteiger partial charge in [-0.1, -0.05) is 0 Å². The van der Waals surface area contributed by atoms with Gasteiger partial charge in [0.15, 0.2) is 0 Å². The van der Waals surface area contributed by atoms with Crippen LogP contribution in [0.3, 0.4) is 0 Å². The fourth-order valence-electron chi connectivity index (χ4n) is 2.89. The molecule has 0 aliphatic heterocycles. The molecule has 11 nitrogen and oxygen atoms in total. The van der Waals surface area contributed by atoms with E-state index in [2.05, 4.69) is 30.6 Å². The first-order chi connectivity index (χ1) is 15.7. The number of methoxy groups -OCH3 is 1. The van der Waals surface area contributed by atoms with E-state index in [1.54, 1.807) is 36.2 Å². The third kappa shape index (κ3) is 4.84. The van der Waals surface area contributed by atoms with Gasteiger partial charge >= 0.3 is 0 Å². The van der Waals surface area contributed by atoms with E-state index >= 15 is 0 Å². The van der Waals surface area contributed by atoms with E-state index in [0.717, 1.165) is 11.4 Å². The summed E-state index contributed by atoms with van der Waals surface area (Å²) in [6.07, 6.45) is 3.71. The summed E-state index contributed by atoms with van der Waals surface area (Å²) >= 11 is 0. The predicted octanol–water partition coefficient (Wildman–Crippen LogP) is 2.57. The molecule has 0 saturated heterocycles. The highest BCUT2D eigenvalue weighted by Gasteiger charge is 2.10. The summed E-state index contributed by atoms with van der Waals surface area (Å²) in [5, 5.41) is 12.8. The number of anilines is 3. The normalized spacial score (nSPS) is 10.7. The van der Waals surface area contributed by atoms with Gasteiger partial charge in [0, 0.05) is 18.5 Å². The molecule has 0 unspecified atom stereocenters. The van der Waals surface area contributed by atoms with Gasteiger partial charge in [0.1, 0.15) is 25.0 Å². The highest BCUT2D eigenvalue weighted by atomic mass is 16.5. The van der Waals surface area contributed by atoms with Crippen LogP contribution >= 0.6 is 0 Å². The van der Waals surface area contributed by atoms with Crippen LogP contribution in [-0.4, -0.2) is 56.9 Å². The van der Waals surface area contributed by atoms with Crippen LogP contribution in [0.2, 0.25) is 0 Å². The van der Waals surface area contributed by atoms with Crippen molar-refractivity contribution in [1.29, 1.82) is 5.41 Å². The maximum absolute atomic E-state index is 11.5. The Morgan fingerprint density at radius 3 is 2.69 bits per heavy atom. The summed E-state index contributed by atoms with van der Waals surface area (Å²) in [6.45, 7) is 0.999. The number of fused-ring (bicyclic) bond motifs is 1. The number of nitrogens with one attached hydrogen (secondary N) is 3. The summed E-state index contributed by atoms with van der Waals surface area (Å²) in [7, 11) is 1.63. The molecule has 0 saturated carbocycles. The van der Waals surface area contributed by atoms with Gasteiger partial charge in [-0.05, 0) is 42.5 Å². The average molecular weight is 432 g/mol. The van der Waals surface area contributed by atoms with E-state index in [0.29, 0.717) is 48.0 Å². The van der Waals surface area contributed by atoms with Crippen LogP contribution in [-0.2, 0) is 9.53 Å². The van der Waals surface area contributed by atoms with Crippen LogP contribution < -0.4 is 15.4 Å². The molecule has 11 heteroatoms. The third-order valence-corrected chi connectivity index (χ3v) is 4.39. The largest absolute Gasteiger partial charge is 0.491 e. The van der Waals surface area contributed by atoms with Gasteiger partial charge in [-0.2, -0.15) is 4.98 Å². The van der Waals surface area contributed by atoms with Crippen molar-refractivity contribution >= 4 is 40.5 Å². The molecule has 32 heavy (non-hydrogen) atoms. The van der Waals surface area contributed by atoms with Crippen LogP contribution in [0, 0.1) is 5.41 Å². The SMILES string of the molecule is COCCOc1ccc(Nc2ncnc(-n3cnc4ccc(NC(=O)C=N)cc43)n2)cc1. The molecule has 0 fully saturated rings. The van der Waals surface area contributed by atoms with Crippen molar-refractivity contribution in [2.45, 2.75) is 0 Å². The number of amides is 1. The highest BCUT2D eigenvalue weighted by molar-refractivity contribution is 6.30. The van der Waals surface area contributed by atoms with Gasteiger partial charge in [0.2, 0.25) is 11.9 Å². The van der Waals surface area contributed by atoms with Crippen molar-refractivity contribution < 1.29 is 14.3 Å². The fraction of sp³-hybridized carbons (Fsp3) is 0.143. The molecule has 4 rings (SSSR count). The molecule has 162 valence electrons. The predicted molar refractivity (Wildman–Crippen MR) is 119 cm³/mol. The average Bonchev–Trinajstić information content (AvgIpc) is 3.24. The standard InChI is InChI=1S/C21H20N8O3/c1-31-8-9-32-16-5-2-14(3-6-16)27-20-23-12-24-21(28-20)29-13-25-17-7-4-15(10-18(17)29)26-19(30)11-22/h2-7,10-13,22H,8-9H2,1H3,(H,26,30)(H,23,24,27,28). The molecule has 2 aromatic heterocycles. The minimum Gasteiger partial charge on any atom is -0.491 e. The summed E-state index contributed by atoms with van der Waals surface area (Å²) < 4.78 is 12.2. The molecular weight excluding hydrogens is 412 g/mol. The van der Waals surface area contributed by atoms with Crippen molar-refractivity contribution in [2.75, 3.05) is 31.0 Å². The summed E-state index contributed by atoms with van der Waals surface area (Å²) in [5.41, 5.74) is 2.72. The second-order valence-corrected chi connectivity index (χ2v) is 6.55. The van der Waals surface area contributed by atoms with Crippen LogP contribution in [0.15, 0.2) is 55.1 Å². The quantitative estimate of drug-likeness (QED) is 0.271. The lowest BCUT2D eigenvalue weighted by molar-refractivity contribution is -0.110. The minimum absolute atomic E-state index is 0.359. The van der Waals surface area contributed by atoms with Crippen molar-refractivity contribution in [3.63, 3.8) is 0 Å². The smallest absolute Gasteiger partial charge is 0.266 e. The zero-order valence-electron chi connectivity index (χ0n) is 17.1. The first-order valence-electron chi connectivity index (χ1n) is 9.63.